The Labute approximate surface area is 160 Å². The molecular weight excluding hydrogens is 344 g/mol. The Morgan fingerprint density at radius 1 is 1.30 bits per heavy atom. The molecule has 1 spiro atoms. The van der Waals surface area contributed by atoms with Crippen LogP contribution in [0.3, 0.4) is 0 Å². The Hall–Kier alpha value is -2.15. The maximum absolute atomic E-state index is 12.9. The normalized spacial score (nSPS) is 24.1. The molecule has 0 bridgehead atoms. The van der Waals surface area contributed by atoms with E-state index in [2.05, 4.69) is 10.3 Å². The van der Waals surface area contributed by atoms with E-state index in [0.29, 0.717) is 28.9 Å². The van der Waals surface area contributed by atoms with E-state index >= 15 is 0 Å². The van der Waals surface area contributed by atoms with Gasteiger partial charge in [0.25, 0.3) is 0 Å². The number of likely N-dealkylation sites (tertiary alicyclic amines) is 1. The van der Waals surface area contributed by atoms with Gasteiger partial charge in [-0.15, -0.1) is 0 Å². The average molecular weight is 372 g/mol. The van der Waals surface area contributed by atoms with Crippen LogP contribution >= 0.6 is 0 Å². The first kappa shape index (κ1) is 18.2. The Bertz CT molecular complexity index is 710. The molecule has 2 saturated heterocycles. The lowest BCUT2D eigenvalue weighted by Gasteiger charge is -2.64. The third kappa shape index (κ3) is 3.29. The topological polar surface area (TPSA) is 74.8 Å². The maximum atomic E-state index is 12.9. The minimum absolute atomic E-state index is 0.0431. The third-order valence-corrected chi connectivity index (χ3v) is 6.59. The molecule has 146 valence electrons. The highest BCUT2D eigenvalue weighted by atomic mass is 16.5. The van der Waals surface area contributed by atoms with Crippen molar-refractivity contribution in [3.8, 4) is 0 Å². The summed E-state index contributed by atoms with van der Waals surface area (Å²) in [4.78, 5) is 32.1. The molecule has 4 rings (SSSR count). The lowest BCUT2D eigenvalue weighted by Crippen LogP contribution is -2.72. The summed E-state index contributed by atoms with van der Waals surface area (Å²) in [5, 5.41) is 2.98. The van der Waals surface area contributed by atoms with E-state index in [1.54, 1.807) is 25.4 Å². The van der Waals surface area contributed by atoms with Gasteiger partial charge in [-0.05, 0) is 43.7 Å². The van der Waals surface area contributed by atoms with E-state index in [1.165, 1.54) is 31.1 Å². The van der Waals surface area contributed by atoms with Gasteiger partial charge >= 0.3 is 6.03 Å². The van der Waals surface area contributed by atoms with Crippen molar-refractivity contribution in [3.05, 3.63) is 18.3 Å². The Balaban J connectivity index is 1.42. The van der Waals surface area contributed by atoms with Crippen LogP contribution in [0.1, 0.15) is 39.0 Å². The molecule has 7 heteroatoms. The maximum Gasteiger partial charge on any atom is 0.322 e. The lowest BCUT2D eigenvalue weighted by atomic mass is 9.54. The van der Waals surface area contributed by atoms with Gasteiger partial charge in [0.15, 0.2) is 0 Å². The summed E-state index contributed by atoms with van der Waals surface area (Å²) in [6.45, 7) is 3.97. The summed E-state index contributed by atoms with van der Waals surface area (Å²) < 4.78 is 5.52. The molecule has 1 aromatic heterocycles. The van der Waals surface area contributed by atoms with Crippen molar-refractivity contribution in [2.75, 3.05) is 37.0 Å². The minimum atomic E-state index is -0.0787. The number of pyridine rings is 1. The van der Waals surface area contributed by atoms with Crippen molar-refractivity contribution in [2.24, 2.45) is 11.3 Å². The molecule has 1 unspecified atom stereocenters. The van der Waals surface area contributed by atoms with E-state index < -0.39 is 0 Å². The summed E-state index contributed by atoms with van der Waals surface area (Å²) >= 11 is 0. The second-order valence-corrected chi connectivity index (χ2v) is 8.15. The van der Waals surface area contributed by atoms with Crippen LogP contribution in [-0.4, -0.2) is 54.7 Å². The van der Waals surface area contributed by atoms with Gasteiger partial charge < -0.3 is 19.9 Å². The van der Waals surface area contributed by atoms with Gasteiger partial charge in [-0.1, -0.05) is 6.42 Å². The molecule has 1 saturated carbocycles. The molecule has 0 aromatic carbocycles. The average Bonchev–Trinajstić information content (AvgIpc) is 2.60. The monoisotopic (exact) mass is 372 g/mol. The molecule has 3 heterocycles. The number of carbonyl (C=O) groups is 2. The van der Waals surface area contributed by atoms with Crippen molar-refractivity contribution >= 4 is 23.4 Å². The lowest BCUT2D eigenvalue weighted by molar-refractivity contribution is -0.135. The molecule has 1 atom stereocenters. The zero-order valence-corrected chi connectivity index (χ0v) is 16.1. The number of carbonyl (C=O) groups excluding carboxylic acids is 2. The van der Waals surface area contributed by atoms with Gasteiger partial charge in [0, 0.05) is 45.2 Å². The number of ether oxygens (including phenoxy) is 1. The minimum Gasteiger partial charge on any atom is -0.381 e. The summed E-state index contributed by atoms with van der Waals surface area (Å²) in [7, 11) is 1.68. The molecule has 2 aliphatic heterocycles. The predicted molar refractivity (Wildman–Crippen MR) is 103 cm³/mol. The second kappa shape index (κ2) is 7.11. The van der Waals surface area contributed by atoms with Crippen molar-refractivity contribution in [1.82, 2.24) is 9.88 Å². The standard InChI is InChI=1S/C20H28N4O3/c1-14(25)23(2)17-5-4-16(12-21-17)22-19(26)24-13-20(8-3-9-20)18(24)15-6-10-27-11-7-15/h4-5,12,15,18H,3,6-11,13H2,1-2H3,(H,22,26). The highest BCUT2D eigenvalue weighted by molar-refractivity contribution is 5.92. The highest BCUT2D eigenvalue weighted by Crippen LogP contribution is 2.56. The SMILES string of the molecule is CC(=O)N(C)c1ccc(NC(=O)N2CC3(CCC3)C2C2CCOCC2)cn1. The van der Waals surface area contributed by atoms with Gasteiger partial charge in [0.1, 0.15) is 5.82 Å². The van der Waals surface area contributed by atoms with E-state index in [1.807, 2.05) is 4.90 Å². The molecule has 3 fully saturated rings. The summed E-state index contributed by atoms with van der Waals surface area (Å²) in [5.41, 5.74) is 1.01. The number of aromatic nitrogens is 1. The van der Waals surface area contributed by atoms with Crippen LogP contribution in [0.5, 0.6) is 0 Å². The van der Waals surface area contributed by atoms with Gasteiger partial charge in [0.05, 0.1) is 11.9 Å². The quantitative estimate of drug-likeness (QED) is 0.885. The van der Waals surface area contributed by atoms with Gasteiger partial charge in [0.2, 0.25) is 5.91 Å². The van der Waals surface area contributed by atoms with E-state index in [0.717, 1.165) is 32.6 Å². The van der Waals surface area contributed by atoms with Crippen LogP contribution in [0, 0.1) is 11.3 Å². The Morgan fingerprint density at radius 3 is 2.59 bits per heavy atom. The predicted octanol–water partition coefficient (Wildman–Crippen LogP) is 2.88. The molecule has 7 nitrogen and oxygen atoms in total. The highest BCUT2D eigenvalue weighted by Gasteiger charge is 2.59. The van der Waals surface area contributed by atoms with E-state index in [4.69, 9.17) is 4.74 Å². The van der Waals surface area contributed by atoms with Crippen molar-refractivity contribution < 1.29 is 14.3 Å². The van der Waals surface area contributed by atoms with Gasteiger partial charge in [-0.2, -0.15) is 0 Å². The number of nitrogens with one attached hydrogen (secondary N) is 1. The van der Waals surface area contributed by atoms with Crippen molar-refractivity contribution in [2.45, 2.75) is 45.1 Å². The molecule has 3 aliphatic rings. The summed E-state index contributed by atoms with van der Waals surface area (Å²) in [6, 6.07) is 3.84. The summed E-state index contributed by atoms with van der Waals surface area (Å²) in [6.07, 6.45) is 7.46. The van der Waals surface area contributed by atoms with Gasteiger partial charge in [-0.25, -0.2) is 9.78 Å². The van der Waals surface area contributed by atoms with Crippen molar-refractivity contribution in [3.63, 3.8) is 0 Å². The first-order chi connectivity index (χ1) is 13.0. The number of anilines is 2. The third-order valence-electron chi connectivity index (χ3n) is 6.59. The van der Waals surface area contributed by atoms with Crippen LogP contribution in [0.15, 0.2) is 18.3 Å². The fourth-order valence-corrected chi connectivity index (χ4v) is 4.83. The van der Waals surface area contributed by atoms with Crippen LogP contribution in [-0.2, 0) is 9.53 Å². The number of amides is 3. The number of rotatable bonds is 3. The fourth-order valence-electron chi connectivity index (χ4n) is 4.83. The zero-order valence-electron chi connectivity index (χ0n) is 16.1. The number of nitrogens with zero attached hydrogens (tertiary/aromatic N) is 3. The van der Waals surface area contributed by atoms with Crippen LogP contribution in [0.2, 0.25) is 0 Å². The van der Waals surface area contributed by atoms with Crippen molar-refractivity contribution in [1.29, 1.82) is 0 Å². The molecule has 0 radical (unpaired) electrons. The molecule has 1 aliphatic carbocycles. The molecule has 1 N–H and O–H groups in total. The Morgan fingerprint density at radius 2 is 2.04 bits per heavy atom. The van der Waals surface area contributed by atoms with E-state index in [9.17, 15) is 9.59 Å². The fraction of sp³-hybridized carbons (Fsp3) is 0.650. The zero-order chi connectivity index (χ0) is 19.0. The number of hydrogen-bond donors (Lipinski definition) is 1. The molecule has 1 aromatic rings. The van der Waals surface area contributed by atoms with E-state index in [-0.39, 0.29) is 11.9 Å². The Kier molecular flexibility index (Phi) is 4.80. The number of hydrogen-bond acceptors (Lipinski definition) is 4. The van der Waals surface area contributed by atoms with Gasteiger partial charge in [-0.3, -0.25) is 4.79 Å². The van der Waals surface area contributed by atoms with Crippen LogP contribution in [0.4, 0.5) is 16.3 Å². The number of urea groups is 1. The molecule has 27 heavy (non-hydrogen) atoms. The smallest absolute Gasteiger partial charge is 0.322 e. The van der Waals surface area contributed by atoms with Crippen LogP contribution < -0.4 is 10.2 Å². The largest absolute Gasteiger partial charge is 0.381 e. The summed E-state index contributed by atoms with van der Waals surface area (Å²) in [5.74, 6) is 1.03. The van der Waals surface area contributed by atoms with Crippen LogP contribution in [0.25, 0.3) is 0 Å². The molecule has 3 amide bonds. The second-order valence-electron chi connectivity index (χ2n) is 8.15. The molecular formula is C20H28N4O3. The first-order valence-electron chi connectivity index (χ1n) is 9.86. The first-order valence-corrected chi connectivity index (χ1v) is 9.86.